The Hall–Kier alpha value is -1.88. The minimum absolute atomic E-state index is 0.00816. The number of carbonyl (C=O) groups is 1. The quantitative estimate of drug-likeness (QED) is 0.885. The number of amides is 1. The Morgan fingerprint density at radius 3 is 2.60 bits per heavy atom. The van der Waals surface area contributed by atoms with Crippen LogP contribution in [0.2, 0.25) is 0 Å². The number of nitrogens with zero attached hydrogens (tertiary/aromatic N) is 2. The molecule has 0 unspecified atom stereocenters. The summed E-state index contributed by atoms with van der Waals surface area (Å²) in [6.45, 7) is 5.49. The molecule has 106 valence electrons. The highest BCUT2D eigenvalue weighted by Crippen LogP contribution is 2.21. The molecular formula is C15H19N3O2. The van der Waals surface area contributed by atoms with E-state index in [4.69, 9.17) is 4.74 Å². The number of hydrogen-bond donors (Lipinski definition) is 1. The Labute approximate surface area is 118 Å². The van der Waals surface area contributed by atoms with Gasteiger partial charge in [0.15, 0.2) is 0 Å². The summed E-state index contributed by atoms with van der Waals surface area (Å²) >= 11 is 0. The van der Waals surface area contributed by atoms with E-state index in [2.05, 4.69) is 39.7 Å². The van der Waals surface area contributed by atoms with Crippen molar-refractivity contribution in [2.24, 2.45) is 11.0 Å². The summed E-state index contributed by atoms with van der Waals surface area (Å²) < 4.78 is 5.36. The summed E-state index contributed by atoms with van der Waals surface area (Å²) in [6, 6.07) is 8.40. The summed E-state index contributed by atoms with van der Waals surface area (Å²) in [5, 5.41) is 4.19. The van der Waals surface area contributed by atoms with Crippen molar-refractivity contribution in [3.63, 3.8) is 0 Å². The molecule has 2 aliphatic heterocycles. The lowest BCUT2D eigenvalue weighted by Crippen LogP contribution is -2.36. The Balaban J connectivity index is 1.77. The molecule has 0 bridgehead atoms. The fourth-order valence-corrected chi connectivity index (χ4v) is 2.67. The van der Waals surface area contributed by atoms with E-state index in [1.807, 2.05) is 6.92 Å². The second-order valence-electron chi connectivity index (χ2n) is 5.28. The average molecular weight is 273 g/mol. The Morgan fingerprint density at radius 1 is 1.25 bits per heavy atom. The van der Waals surface area contributed by atoms with E-state index >= 15 is 0 Å². The maximum atomic E-state index is 11.3. The number of rotatable bonds is 2. The third-order valence-corrected chi connectivity index (χ3v) is 3.80. The van der Waals surface area contributed by atoms with Crippen LogP contribution in [-0.2, 0) is 9.53 Å². The lowest BCUT2D eigenvalue weighted by Gasteiger charge is -2.29. The van der Waals surface area contributed by atoms with Crippen molar-refractivity contribution < 1.29 is 9.53 Å². The first kappa shape index (κ1) is 13.1. The van der Waals surface area contributed by atoms with Gasteiger partial charge in [0.1, 0.15) is 0 Å². The van der Waals surface area contributed by atoms with Gasteiger partial charge in [-0.15, -0.1) is 0 Å². The lowest BCUT2D eigenvalue weighted by atomic mass is 9.94. The largest absolute Gasteiger partial charge is 0.378 e. The molecule has 1 aromatic carbocycles. The van der Waals surface area contributed by atoms with Crippen LogP contribution in [0.3, 0.4) is 0 Å². The monoisotopic (exact) mass is 273 g/mol. The van der Waals surface area contributed by atoms with Crippen molar-refractivity contribution >= 4 is 17.3 Å². The van der Waals surface area contributed by atoms with E-state index in [0.29, 0.717) is 6.42 Å². The fourth-order valence-electron chi connectivity index (χ4n) is 2.67. The number of anilines is 1. The second-order valence-corrected chi connectivity index (χ2v) is 5.28. The van der Waals surface area contributed by atoms with Crippen molar-refractivity contribution in [2.75, 3.05) is 31.2 Å². The zero-order valence-electron chi connectivity index (χ0n) is 11.6. The lowest BCUT2D eigenvalue weighted by molar-refractivity contribution is -0.121. The smallest absolute Gasteiger partial charge is 0.240 e. The minimum atomic E-state index is -0.00816. The standard InChI is InChI=1S/C15H19N3O2/c1-11-10-14(19)16-17-15(11)12-2-4-13(5-3-12)18-6-8-20-9-7-18/h2-5,11H,6-10H2,1H3,(H,16,19)/t11-/m0/s1. The molecule has 0 aliphatic carbocycles. The number of carbonyl (C=O) groups excluding carboxylic acids is 1. The Morgan fingerprint density at radius 2 is 1.95 bits per heavy atom. The summed E-state index contributed by atoms with van der Waals surface area (Å²) in [4.78, 5) is 13.6. The molecule has 1 N–H and O–H groups in total. The number of hydrogen-bond acceptors (Lipinski definition) is 4. The summed E-state index contributed by atoms with van der Waals surface area (Å²) in [5.41, 5.74) is 5.81. The van der Waals surface area contributed by atoms with Crippen LogP contribution in [0.1, 0.15) is 18.9 Å². The molecule has 0 saturated carbocycles. The average Bonchev–Trinajstić information content (AvgIpc) is 2.48. The van der Waals surface area contributed by atoms with Gasteiger partial charge in [0, 0.05) is 31.1 Å². The van der Waals surface area contributed by atoms with E-state index in [9.17, 15) is 4.79 Å². The van der Waals surface area contributed by atoms with Crippen LogP contribution in [-0.4, -0.2) is 37.9 Å². The molecule has 5 heteroatoms. The first-order valence-corrected chi connectivity index (χ1v) is 7.03. The van der Waals surface area contributed by atoms with Gasteiger partial charge in [-0.1, -0.05) is 19.1 Å². The normalized spacial score (nSPS) is 23.2. The van der Waals surface area contributed by atoms with Crippen LogP contribution in [0.5, 0.6) is 0 Å². The Kier molecular flexibility index (Phi) is 3.69. The molecule has 1 atom stereocenters. The highest BCUT2D eigenvalue weighted by molar-refractivity contribution is 6.05. The van der Waals surface area contributed by atoms with Gasteiger partial charge in [-0.2, -0.15) is 5.10 Å². The molecule has 1 aromatic rings. The maximum Gasteiger partial charge on any atom is 0.240 e. The highest BCUT2D eigenvalue weighted by atomic mass is 16.5. The second kappa shape index (κ2) is 5.63. The van der Waals surface area contributed by atoms with Gasteiger partial charge in [-0.3, -0.25) is 4.79 Å². The van der Waals surface area contributed by atoms with Crippen molar-refractivity contribution in [2.45, 2.75) is 13.3 Å². The number of hydrazone groups is 1. The molecule has 2 aliphatic rings. The topological polar surface area (TPSA) is 53.9 Å². The highest BCUT2D eigenvalue weighted by Gasteiger charge is 2.21. The molecule has 1 fully saturated rings. The van der Waals surface area contributed by atoms with Gasteiger partial charge in [0.2, 0.25) is 5.91 Å². The predicted octanol–water partition coefficient (Wildman–Crippen LogP) is 1.38. The fraction of sp³-hybridized carbons (Fsp3) is 0.467. The minimum Gasteiger partial charge on any atom is -0.378 e. The van der Waals surface area contributed by atoms with E-state index in [0.717, 1.165) is 37.6 Å². The van der Waals surface area contributed by atoms with E-state index in [1.54, 1.807) is 0 Å². The summed E-state index contributed by atoms with van der Waals surface area (Å²) in [7, 11) is 0. The molecule has 0 radical (unpaired) electrons. The van der Waals surface area contributed by atoms with Crippen LogP contribution < -0.4 is 10.3 Å². The molecule has 20 heavy (non-hydrogen) atoms. The number of nitrogens with one attached hydrogen (secondary N) is 1. The van der Waals surface area contributed by atoms with Gasteiger partial charge in [-0.05, 0) is 17.7 Å². The van der Waals surface area contributed by atoms with Crippen LogP contribution in [0.25, 0.3) is 0 Å². The molecule has 1 amide bonds. The van der Waals surface area contributed by atoms with Gasteiger partial charge >= 0.3 is 0 Å². The van der Waals surface area contributed by atoms with Gasteiger partial charge in [0.25, 0.3) is 0 Å². The van der Waals surface area contributed by atoms with Crippen LogP contribution in [0.15, 0.2) is 29.4 Å². The van der Waals surface area contributed by atoms with Crippen molar-refractivity contribution in [1.29, 1.82) is 0 Å². The zero-order chi connectivity index (χ0) is 13.9. The zero-order valence-corrected chi connectivity index (χ0v) is 11.6. The van der Waals surface area contributed by atoms with Gasteiger partial charge < -0.3 is 9.64 Å². The first-order valence-electron chi connectivity index (χ1n) is 7.03. The number of ether oxygens (including phenoxy) is 1. The van der Waals surface area contributed by atoms with Crippen LogP contribution in [0.4, 0.5) is 5.69 Å². The molecule has 3 rings (SSSR count). The van der Waals surface area contributed by atoms with E-state index in [1.165, 1.54) is 5.69 Å². The van der Waals surface area contributed by atoms with Crippen molar-refractivity contribution in [3.05, 3.63) is 29.8 Å². The number of morpholine rings is 1. The Bertz CT molecular complexity index is 518. The van der Waals surface area contributed by atoms with Crippen molar-refractivity contribution in [3.8, 4) is 0 Å². The molecule has 0 aromatic heterocycles. The van der Waals surface area contributed by atoms with Gasteiger partial charge in [-0.25, -0.2) is 5.43 Å². The predicted molar refractivity (Wildman–Crippen MR) is 77.9 cm³/mol. The van der Waals surface area contributed by atoms with Crippen LogP contribution >= 0.6 is 0 Å². The van der Waals surface area contributed by atoms with E-state index in [-0.39, 0.29) is 11.8 Å². The molecule has 1 saturated heterocycles. The third kappa shape index (κ3) is 2.67. The maximum absolute atomic E-state index is 11.3. The van der Waals surface area contributed by atoms with Gasteiger partial charge in [0.05, 0.1) is 18.9 Å². The van der Waals surface area contributed by atoms with Crippen LogP contribution in [0, 0.1) is 5.92 Å². The number of benzene rings is 1. The third-order valence-electron chi connectivity index (χ3n) is 3.80. The molecule has 5 nitrogen and oxygen atoms in total. The molecule has 0 spiro atoms. The SMILES string of the molecule is C[C@H]1CC(=O)NN=C1c1ccc(N2CCOCC2)cc1. The van der Waals surface area contributed by atoms with Crippen molar-refractivity contribution in [1.82, 2.24) is 5.43 Å². The molecule has 2 heterocycles. The molecular weight excluding hydrogens is 254 g/mol. The van der Waals surface area contributed by atoms with E-state index < -0.39 is 0 Å². The summed E-state index contributed by atoms with van der Waals surface area (Å²) in [5.74, 6) is 0.157. The summed E-state index contributed by atoms with van der Waals surface area (Å²) in [6.07, 6.45) is 0.504. The first-order chi connectivity index (χ1) is 9.74.